The van der Waals surface area contributed by atoms with Crippen molar-refractivity contribution in [3.63, 3.8) is 0 Å². The molecule has 5 aromatic rings. The van der Waals surface area contributed by atoms with Crippen molar-refractivity contribution >= 4 is 29.5 Å². The zero-order chi connectivity index (χ0) is 28.4. The zero-order valence-electron chi connectivity index (χ0n) is 24.2. The summed E-state index contributed by atoms with van der Waals surface area (Å²) in [7, 11) is 1.32. The van der Waals surface area contributed by atoms with Gasteiger partial charge in [0.15, 0.2) is 0 Å². The molecular formula is C37H36N3P. The van der Waals surface area contributed by atoms with Gasteiger partial charge in [0.1, 0.15) is 0 Å². The lowest BCUT2D eigenvalue weighted by Gasteiger charge is -2.25. The van der Waals surface area contributed by atoms with Gasteiger partial charge in [-0.3, -0.25) is 4.98 Å². The number of rotatable bonds is 6. The minimum atomic E-state index is -0.786. The van der Waals surface area contributed by atoms with Crippen molar-refractivity contribution in [1.82, 2.24) is 9.88 Å². The topological polar surface area (TPSA) is 19.4 Å². The molecule has 1 aromatic heterocycles. The Morgan fingerprint density at radius 3 is 2.05 bits per heavy atom. The highest BCUT2D eigenvalue weighted by atomic mass is 31.1. The average Bonchev–Trinajstić information content (AvgIpc) is 3.44. The van der Waals surface area contributed by atoms with Crippen LogP contribution in [-0.2, 0) is 5.41 Å². The molecule has 3 nitrogen and oxygen atoms in total. The summed E-state index contributed by atoms with van der Waals surface area (Å²) in [5.41, 5.74) is 7.19. The Morgan fingerprint density at radius 2 is 1.34 bits per heavy atom. The first-order chi connectivity index (χ1) is 19.8. The van der Waals surface area contributed by atoms with Gasteiger partial charge in [0.05, 0.1) is 12.4 Å². The van der Waals surface area contributed by atoms with Crippen molar-refractivity contribution in [2.75, 3.05) is 18.6 Å². The summed E-state index contributed by atoms with van der Waals surface area (Å²) in [6, 6.07) is 42.1. The molecule has 0 fully saturated rings. The van der Waals surface area contributed by atoms with E-state index in [1.807, 2.05) is 6.20 Å². The van der Waals surface area contributed by atoms with E-state index in [4.69, 9.17) is 4.98 Å². The minimum absolute atomic E-state index is 0.116. The predicted molar refractivity (Wildman–Crippen MR) is 177 cm³/mol. The molecule has 0 spiro atoms. The van der Waals surface area contributed by atoms with Crippen LogP contribution in [0.15, 0.2) is 134 Å². The van der Waals surface area contributed by atoms with Gasteiger partial charge in [-0.2, -0.15) is 0 Å². The molecular weight excluding hydrogens is 517 g/mol. The summed E-state index contributed by atoms with van der Waals surface area (Å²) in [6.45, 7) is 7.68. The van der Waals surface area contributed by atoms with Crippen LogP contribution in [0.25, 0.3) is 22.4 Å². The Kier molecular flexibility index (Phi) is 7.47. The van der Waals surface area contributed by atoms with E-state index in [2.05, 4.69) is 165 Å². The molecule has 4 aromatic carbocycles. The maximum atomic E-state index is 4.78. The molecule has 41 heavy (non-hydrogen) atoms. The molecule has 2 heterocycles. The van der Waals surface area contributed by atoms with Crippen molar-refractivity contribution in [2.45, 2.75) is 26.2 Å². The van der Waals surface area contributed by atoms with Crippen LogP contribution in [0.5, 0.6) is 0 Å². The summed E-state index contributed by atoms with van der Waals surface area (Å²) >= 11 is 0. The van der Waals surface area contributed by atoms with Crippen LogP contribution >= 0.6 is 7.92 Å². The molecule has 0 saturated carbocycles. The fourth-order valence-electron chi connectivity index (χ4n) is 5.27. The third-order valence-electron chi connectivity index (χ3n) is 7.55. The molecule has 6 rings (SSSR count). The summed E-state index contributed by atoms with van der Waals surface area (Å²) < 4.78 is 0. The van der Waals surface area contributed by atoms with Crippen molar-refractivity contribution in [1.29, 1.82) is 0 Å². The average molecular weight is 554 g/mol. The third-order valence-corrected chi connectivity index (χ3v) is 9.96. The standard InChI is InChI=1S/C37H36N3P/c1-37(2,3)31-16-18-33(19-17-31)41(35-15-9-13-32(26-35)40-23-22-39(4)27-40)34-14-8-12-30(24-34)36-25-29(20-21-38-36)28-10-6-5-7-11-28/h5-26H,27H2,1-4H3. The molecule has 0 radical (unpaired) electrons. The smallest absolute Gasteiger partial charge is 0.0938 e. The molecule has 0 N–H and O–H groups in total. The van der Waals surface area contributed by atoms with Crippen molar-refractivity contribution in [2.24, 2.45) is 0 Å². The van der Waals surface area contributed by atoms with Gasteiger partial charge in [-0.15, -0.1) is 0 Å². The molecule has 1 atom stereocenters. The number of anilines is 1. The second kappa shape index (κ2) is 11.4. The maximum Gasteiger partial charge on any atom is 0.0938 e. The fourth-order valence-corrected chi connectivity index (χ4v) is 7.61. The highest BCUT2D eigenvalue weighted by Gasteiger charge is 2.21. The first kappa shape index (κ1) is 27.0. The number of benzene rings is 4. The first-order valence-corrected chi connectivity index (χ1v) is 15.5. The summed E-state index contributed by atoms with van der Waals surface area (Å²) in [5.74, 6) is 0. The van der Waals surface area contributed by atoms with Crippen LogP contribution in [0.3, 0.4) is 0 Å². The number of pyridine rings is 1. The molecule has 1 aliphatic rings. The number of hydrogen-bond donors (Lipinski definition) is 0. The van der Waals surface area contributed by atoms with Gasteiger partial charge in [0.2, 0.25) is 0 Å². The highest BCUT2D eigenvalue weighted by Crippen LogP contribution is 2.36. The SMILES string of the molecule is CN1C=CN(c2cccc(P(c3ccc(C(C)(C)C)cc3)c3cccc(-c4cc(-c5ccccc5)ccn4)c3)c2)C1. The van der Waals surface area contributed by atoms with Crippen molar-refractivity contribution in [3.8, 4) is 22.4 Å². The van der Waals surface area contributed by atoms with Gasteiger partial charge >= 0.3 is 0 Å². The largest absolute Gasteiger partial charge is 0.361 e. The van der Waals surface area contributed by atoms with Gasteiger partial charge in [0.25, 0.3) is 0 Å². The van der Waals surface area contributed by atoms with E-state index in [9.17, 15) is 0 Å². The monoisotopic (exact) mass is 553 g/mol. The van der Waals surface area contributed by atoms with Crippen LogP contribution in [0.1, 0.15) is 26.3 Å². The van der Waals surface area contributed by atoms with E-state index in [1.54, 1.807) is 0 Å². The lowest BCUT2D eigenvalue weighted by Crippen LogP contribution is -2.25. The van der Waals surface area contributed by atoms with E-state index in [-0.39, 0.29) is 5.41 Å². The molecule has 0 bridgehead atoms. The Labute approximate surface area is 245 Å². The fraction of sp³-hybridized carbons (Fsp3) is 0.162. The second-order valence-corrected chi connectivity index (χ2v) is 13.9. The normalized spacial score (nSPS) is 14.0. The molecule has 0 amide bonds. The van der Waals surface area contributed by atoms with Crippen LogP contribution in [0.2, 0.25) is 0 Å². The van der Waals surface area contributed by atoms with E-state index < -0.39 is 7.92 Å². The van der Waals surface area contributed by atoms with Crippen LogP contribution in [0, 0.1) is 0 Å². The van der Waals surface area contributed by atoms with Crippen LogP contribution in [0.4, 0.5) is 5.69 Å². The Morgan fingerprint density at radius 1 is 0.634 bits per heavy atom. The van der Waals surface area contributed by atoms with Crippen molar-refractivity contribution < 1.29 is 0 Å². The second-order valence-electron chi connectivity index (χ2n) is 11.7. The van der Waals surface area contributed by atoms with E-state index >= 15 is 0 Å². The zero-order valence-corrected chi connectivity index (χ0v) is 25.1. The Hall–Kier alpha value is -4.20. The van der Waals surface area contributed by atoms with Gasteiger partial charge in [-0.25, -0.2) is 0 Å². The summed E-state index contributed by atoms with van der Waals surface area (Å²) in [4.78, 5) is 9.28. The van der Waals surface area contributed by atoms with E-state index in [1.165, 1.54) is 38.3 Å². The Balaban J connectivity index is 1.43. The van der Waals surface area contributed by atoms with Gasteiger partial charge < -0.3 is 9.80 Å². The molecule has 1 unspecified atom stereocenters. The lowest BCUT2D eigenvalue weighted by molar-refractivity contribution is 0.496. The van der Waals surface area contributed by atoms with Gasteiger partial charge in [-0.1, -0.05) is 106 Å². The molecule has 0 saturated heterocycles. The Bertz CT molecular complexity index is 1670. The number of hydrogen-bond acceptors (Lipinski definition) is 3. The summed E-state index contributed by atoms with van der Waals surface area (Å²) in [6.07, 6.45) is 6.20. The van der Waals surface area contributed by atoms with Crippen molar-refractivity contribution in [3.05, 3.63) is 139 Å². The molecule has 1 aliphatic heterocycles. The van der Waals surface area contributed by atoms with Gasteiger partial charge in [0, 0.05) is 36.9 Å². The molecule has 204 valence electrons. The number of nitrogens with zero attached hydrogens (tertiary/aromatic N) is 3. The summed E-state index contributed by atoms with van der Waals surface area (Å²) in [5, 5.41) is 4.01. The van der Waals surface area contributed by atoms with Gasteiger partial charge in [-0.05, 0) is 76.3 Å². The van der Waals surface area contributed by atoms with Crippen LogP contribution < -0.4 is 20.8 Å². The first-order valence-electron chi connectivity index (χ1n) is 14.1. The van der Waals surface area contributed by atoms with E-state index in [0.717, 1.165) is 17.9 Å². The molecule has 0 aliphatic carbocycles. The van der Waals surface area contributed by atoms with Crippen LogP contribution in [-0.4, -0.2) is 23.6 Å². The lowest BCUT2D eigenvalue weighted by atomic mass is 9.87. The predicted octanol–water partition coefficient (Wildman–Crippen LogP) is 7.65. The quantitative estimate of drug-likeness (QED) is 0.201. The molecule has 4 heteroatoms. The minimum Gasteiger partial charge on any atom is -0.361 e. The number of aromatic nitrogens is 1. The van der Waals surface area contributed by atoms with E-state index in [0.29, 0.717) is 0 Å². The third kappa shape index (κ3) is 5.97. The highest BCUT2D eigenvalue weighted by molar-refractivity contribution is 7.79. The maximum absolute atomic E-state index is 4.78.